The zero-order valence-electron chi connectivity index (χ0n) is 10.2. The number of pyridine rings is 1. The Morgan fingerprint density at radius 2 is 2.10 bits per heavy atom. The van der Waals surface area contributed by atoms with Gasteiger partial charge in [0.25, 0.3) is 5.69 Å². The number of carboxylic acids is 1. The predicted molar refractivity (Wildman–Crippen MR) is 73.9 cm³/mol. The highest BCUT2D eigenvalue weighted by molar-refractivity contribution is 7.98. The lowest BCUT2D eigenvalue weighted by atomic mass is 10.2. The minimum absolute atomic E-state index is 0.0364. The second-order valence-electron chi connectivity index (χ2n) is 3.87. The van der Waals surface area contributed by atoms with Gasteiger partial charge in [-0.3, -0.25) is 10.1 Å². The normalized spacial score (nSPS) is 10.2. The van der Waals surface area contributed by atoms with Gasteiger partial charge in [0, 0.05) is 18.0 Å². The lowest BCUT2D eigenvalue weighted by molar-refractivity contribution is -0.387. The number of benzene rings is 1. The van der Waals surface area contributed by atoms with Crippen molar-refractivity contribution in [2.45, 2.75) is 10.6 Å². The van der Waals surface area contributed by atoms with Crippen molar-refractivity contribution in [1.82, 2.24) is 4.98 Å². The van der Waals surface area contributed by atoms with Gasteiger partial charge in [0.1, 0.15) is 5.69 Å². The molecule has 1 N–H and O–H groups in total. The maximum absolute atomic E-state index is 10.9. The summed E-state index contributed by atoms with van der Waals surface area (Å²) in [5, 5.41) is 19.7. The zero-order valence-corrected chi connectivity index (χ0v) is 11.0. The summed E-state index contributed by atoms with van der Waals surface area (Å²) in [6.07, 6.45) is 1.42. The van der Waals surface area contributed by atoms with E-state index in [2.05, 4.69) is 4.98 Å². The summed E-state index contributed by atoms with van der Waals surface area (Å²) in [6, 6.07) is 9.60. The van der Waals surface area contributed by atoms with Gasteiger partial charge in [-0.1, -0.05) is 12.1 Å². The second kappa shape index (κ2) is 6.16. The van der Waals surface area contributed by atoms with Gasteiger partial charge in [-0.2, -0.15) is 0 Å². The number of thioether (sulfide) groups is 1. The minimum atomic E-state index is -1.09. The van der Waals surface area contributed by atoms with Crippen LogP contribution in [-0.2, 0) is 5.75 Å². The Balaban J connectivity index is 2.15. The van der Waals surface area contributed by atoms with Gasteiger partial charge in [-0.05, 0) is 23.8 Å². The molecule has 0 aliphatic heterocycles. The Bertz CT molecular complexity index is 660. The largest absolute Gasteiger partial charge is 0.477 e. The van der Waals surface area contributed by atoms with Crippen molar-refractivity contribution in [3.63, 3.8) is 0 Å². The van der Waals surface area contributed by atoms with Crippen LogP contribution < -0.4 is 0 Å². The first-order valence-electron chi connectivity index (χ1n) is 5.62. The van der Waals surface area contributed by atoms with Crippen LogP contribution in [0.15, 0.2) is 47.5 Å². The molecule has 20 heavy (non-hydrogen) atoms. The maximum Gasteiger partial charge on any atom is 0.354 e. The van der Waals surface area contributed by atoms with E-state index in [4.69, 9.17) is 5.11 Å². The molecule has 6 nitrogen and oxygen atoms in total. The van der Waals surface area contributed by atoms with Crippen LogP contribution in [-0.4, -0.2) is 21.0 Å². The quantitative estimate of drug-likeness (QED) is 0.517. The lowest BCUT2D eigenvalue weighted by Crippen LogP contribution is -2.00. The predicted octanol–water partition coefficient (Wildman–Crippen LogP) is 2.98. The molecule has 0 radical (unpaired) electrons. The molecular weight excluding hydrogens is 280 g/mol. The fourth-order valence-corrected chi connectivity index (χ4v) is 2.54. The molecule has 0 saturated heterocycles. The Morgan fingerprint density at radius 1 is 1.35 bits per heavy atom. The van der Waals surface area contributed by atoms with E-state index in [1.54, 1.807) is 24.3 Å². The third kappa shape index (κ3) is 3.33. The van der Waals surface area contributed by atoms with Crippen LogP contribution in [0.1, 0.15) is 16.1 Å². The number of rotatable bonds is 5. The highest BCUT2D eigenvalue weighted by Crippen LogP contribution is 2.31. The van der Waals surface area contributed by atoms with Gasteiger partial charge in [0.2, 0.25) is 0 Å². The molecule has 0 fully saturated rings. The first-order valence-corrected chi connectivity index (χ1v) is 6.61. The number of aromatic carboxylic acids is 1. The molecule has 0 atom stereocenters. The average Bonchev–Trinajstić information content (AvgIpc) is 2.45. The van der Waals surface area contributed by atoms with Crippen LogP contribution in [0.25, 0.3) is 0 Å². The molecule has 1 aromatic heterocycles. The summed E-state index contributed by atoms with van der Waals surface area (Å²) in [5.74, 6) is -0.657. The number of nitro groups is 1. The Kier molecular flexibility index (Phi) is 4.31. The third-order valence-electron chi connectivity index (χ3n) is 2.50. The maximum atomic E-state index is 10.9. The number of nitro benzene ring substituents is 1. The molecule has 0 bridgehead atoms. The average molecular weight is 290 g/mol. The van der Waals surface area contributed by atoms with Crippen LogP contribution in [0.2, 0.25) is 0 Å². The minimum Gasteiger partial charge on any atom is -0.477 e. The Morgan fingerprint density at radius 3 is 2.80 bits per heavy atom. The van der Waals surface area contributed by atoms with E-state index < -0.39 is 10.9 Å². The number of nitrogens with zero attached hydrogens (tertiary/aromatic N) is 2. The molecule has 7 heteroatoms. The number of carboxylic acid groups (broad SMARTS) is 1. The van der Waals surface area contributed by atoms with E-state index in [9.17, 15) is 14.9 Å². The molecule has 1 heterocycles. The van der Waals surface area contributed by atoms with Crippen molar-refractivity contribution in [3.05, 3.63) is 64.0 Å². The highest BCUT2D eigenvalue weighted by atomic mass is 32.2. The van der Waals surface area contributed by atoms with Crippen molar-refractivity contribution in [2.75, 3.05) is 0 Å². The van der Waals surface area contributed by atoms with Crippen LogP contribution in [0.4, 0.5) is 5.69 Å². The summed E-state index contributed by atoms with van der Waals surface area (Å²) < 4.78 is 0. The second-order valence-corrected chi connectivity index (χ2v) is 4.89. The molecular formula is C13H10N2O4S. The lowest BCUT2D eigenvalue weighted by Gasteiger charge is -2.03. The van der Waals surface area contributed by atoms with Crippen molar-refractivity contribution in [3.8, 4) is 0 Å². The van der Waals surface area contributed by atoms with Gasteiger partial charge in [-0.15, -0.1) is 11.8 Å². The highest BCUT2D eigenvalue weighted by Gasteiger charge is 2.13. The molecule has 0 aliphatic carbocycles. The standard InChI is InChI=1S/C13H10N2O4S/c16-13(17)10-7-9(5-6-14-10)8-20-12-4-2-1-3-11(12)15(18)19/h1-7H,8H2,(H,16,17). The van der Waals surface area contributed by atoms with Gasteiger partial charge in [0.05, 0.1) is 9.82 Å². The monoisotopic (exact) mass is 290 g/mol. The van der Waals surface area contributed by atoms with Crippen LogP contribution in [0, 0.1) is 10.1 Å². The summed E-state index contributed by atoms with van der Waals surface area (Å²) in [5.41, 5.74) is 0.760. The number of hydrogen-bond acceptors (Lipinski definition) is 5. The molecule has 0 amide bonds. The van der Waals surface area contributed by atoms with E-state index in [1.807, 2.05) is 0 Å². The number of aromatic nitrogens is 1. The fourth-order valence-electron chi connectivity index (χ4n) is 1.57. The zero-order chi connectivity index (χ0) is 14.5. The van der Waals surface area contributed by atoms with E-state index in [0.717, 1.165) is 5.56 Å². The van der Waals surface area contributed by atoms with Crippen LogP contribution in [0.5, 0.6) is 0 Å². The van der Waals surface area contributed by atoms with E-state index in [-0.39, 0.29) is 11.4 Å². The van der Waals surface area contributed by atoms with E-state index in [1.165, 1.54) is 30.1 Å². The topological polar surface area (TPSA) is 93.3 Å². The molecule has 2 rings (SSSR count). The van der Waals surface area contributed by atoms with Gasteiger partial charge in [-0.25, -0.2) is 9.78 Å². The molecule has 0 spiro atoms. The summed E-state index contributed by atoms with van der Waals surface area (Å²) >= 11 is 1.29. The Labute approximate surface area is 118 Å². The molecule has 0 unspecified atom stereocenters. The van der Waals surface area contributed by atoms with Crippen molar-refractivity contribution >= 4 is 23.4 Å². The Hall–Kier alpha value is -2.41. The molecule has 102 valence electrons. The smallest absolute Gasteiger partial charge is 0.354 e. The molecule has 2 aromatic rings. The third-order valence-corrected chi connectivity index (χ3v) is 3.63. The van der Waals surface area contributed by atoms with Gasteiger partial charge < -0.3 is 5.11 Å². The van der Waals surface area contributed by atoms with E-state index >= 15 is 0 Å². The van der Waals surface area contributed by atoms with Crippen molar-refractivity contribution in [2.24, 2.45) is 0 Å². The number of para-hydroxylation sites is 1. The molecule has 0 aliphatic rings. The fraction of sp³-hybridized carbons (Fsp3) is 0.0769. The first kappa shape index (κ1) is 14.0. The van der Waals surface area contributed by atoms with Gasteiger partial charge in [0.15, 0.2) is 0 Å². The summed E-state index contributed by atoms with van der Waals surface area (Å²) in [7, 11) is 0. The van der Waals surface area contributed by atoms with E-state index in [0.29, 0.717) is 10.6 Å². The SMILES string of the molecule is O=C(O)c1cc(CSc2ccccc2[N+](=O)[O-])ccn1. The summed E-state index contributed by atoms with van der Waals surface area (Å²) in [4.78, 5) is 25.5. The van der Waals surface area contributed by atoms with Crippen molar-refractivity contribution < 1.29 is 14.8 Å². The molecule has 0 saturated carbocycles. The van der Waals surface area contributed by atoms with Crippen LogP contribution >= 0.6 is 11.8 Å². The van der Waals surface area contributed by atoms with Crippen LogP contribution in [0.3, 0.4) is 0 Å². The number of hydrogen-bond donors (Lipinski definition) is 1. The first-order chi connectivity index (χ1) is 9.58. The van der Waals surface area contributed by atoms with Gasteiger partial charge >= 0.3 is 5.97 Å². The van der Waals surface area contributed by atoms with Crippen molar-refractivity contribution in [1.29, 1.82) is 0 Å². The summed E-state index contributed by atoms with van der Waals surface area (Å²) in [6.45, 7) is 0. The number of carbonyl (C=O) groups is 1. The molecule has 1 aromatic carbocycles.